The zero-order valence-corrected chi connectivity index (χ0v) is 13.2. The lowest BCUT2D eigenvalue weighted by Crippen LogP contribution is -2.46. The molecule has 1 saturated heterocycles. The Morgan fingerprint density at radius 2 is 1.68 bits per heavy atom. The third-order valence-corrected chi connectivity index (χ3v) is 3.21. The van der Waals surface area contributed by atoms with Crippen molar-refractivity contribution in [3.63, 3.8) is 0 Å². The molecule has 0 saturated carbocycles. The third kappa shape index (κ3) is 5.79. The average molecular weight is 365 g/mol. The fourth-order valence-electron chi connectivity index (χ4n) is 2.35. The third-order valence-electron chi connectivity index (χ3n) is 3.21. The van der Waals surface area contributed by atoms with Gasteiger partial charge in [-0.15, -0.1) is 24.8 Å². The Balaban J connectivity index is 0.00000220. The first-order valence-corrected chi connectivity index (χ1v) is 6.35. The van der Waals surface area contributed by atoms with Crippen LogP contribution in [0.5, 0.6) is 5.75 Å². The summed E-state index contributed by atoms with van der Waals surface area (Å²) in [6.07, 6.45) is -2.59. The monoisotopic (exact) mass is 364 g/mol. The molecule has 1 aliphatic heterocycles. The summed E-state index contributed by atoms with van der Waals surface area (Å²) in [7, 11) is 0. The maximum absolute atomic E-state index is 13.3. The lowest BCUT2D eigenvalue weighted by Gasteiger charge is -2.34. The molecule has 1 aliphatic rings. The van der Waals surface area contributed by atoms with Crippen molar-refractivity contribution in [2.24, 2.45) is 0 Å². The summed E-state index contributed by atoms with van der Waals surface area (Å²) in [6, 6.07) is 4.45. The van der Waals surface area contributed by atoms with Crippen molar-refractivity contribution in [2.75, 3.05) is 26.2 Å². The second-order valence-electron chi connectivity index (χ2n) is 4.52. The molecule has 0 radical (unpaired) electrons. The predicted octanol–water partition coefficient (Wildman–Crippen LogP) is 3.34. The number of rotatable bonds is 5. The molecule has 1 aromatic rings. The van der Waals surface area contributed by atoms with Crippen molar-refractivity contribution < 1.29 is 22.3 Å². The van der Waals surface area contributed by atoms with Crippen LogP contribution in [-0.4, -0.2) is 44.1 Å². The van der Waals surface area contributed by atoms with Crippen LogP contribution in [0.3, 0.4) is 0 Å². The SMILES string of the molecule is Cl.Cl.FC(F)Oc1cccc([C@@H](C(F)F)N2CCNCC2)c1. The number of piperazine rings is 1. The summed E-state index contributed by atoms with van der Waals surface area (Å²) in [5.41, 5.74) is 0.292. The van der Waals surface area contributed by atoms with Crippen LogP contribution in [0.15, 0.2) is 24.3 Å². The van der Waals surface area contributed by atoms with Crippen LogP contribution < -0.4 is 10.1 Å². The number of nitrogens with one attached hydrogen (secondary N) is 1. The highest BCUT2D eigenvalue weighted by molar-refractivity contribution is 5.85. The molecule has 1 atom stereocenters. The summed E-state index contributed by atoms with van der Waals surface area (Å²) in [6.45, 7) is -0.703. The summed E-state index contributed by atoms with van der Waals surface area (Å²) in [5.74, 6) is -0.0988. The van der Waals surface area contributed by atoms with E-state index in [0.29, 0.717) is 31.7 Å². The van der Waals surface area contributed by atoms with Crippen molar-refractivity contribution in [3.8, 4) is 5.75 Å². The van der Waals surface area contributed by atoms with Crippen molar-refractivity contribution in [1.82, 2.24) is 10.2 Å². The van der Waals surface area contributed by atoms with E-state index in [1.54, 1.807) is 4.90 Å². The van der Waals surface area contributed by atoms with E-state index in [4.69, 9.17) is 0 Å². The Labute approximate surface area is 138 Å². The molecule has 0 aliphatic carbocycles. The van der Waals surface area contributed by atoms with E-state index in [1.165, 1.54) is 24.3 Å². The van der Waals surface area contributed by atoms with E-state index >= 15 is 0 Å². The fourth-order valence-corrected chi connectivity index (χ4v) is 2.35. The lowest BCUT2D eigenvalue weighted by molar-refractivity contribution is -0.0500. The van der Waals surface area contributed by atoms with Gasteiger partial charge in [0.2, 0.25) is 0 Å². The van der Waals surface area contributed by atoms with E-state index < -0.39 is 19.1 Å². The largest absolute Gasteiger partial charge is 0.435 e. The highest BCUT2D eigenvalue weighted by atomic mass is 35.5. The summed E-state index contributed by atoms with van der Waals surface area (Å²) < 4.78 is 55.2. The molecule has 1 N–H and O–H groups in total. The minimum atomic E-state index is -2.96. The molecule has 3 nitrogen and oxygen atoms in total. The van der Waals surface area contributed by atoms with E-state index in [0.717, 1.165) is 0 Å². The Hall–Kier alpha value is -0.760. The topological polar surface area (TPSA) is 24.5 Å². The smallest absolute Gasteiger partial charge is 0.387 e. The fraction of sp³-hybridized carbons (Fsp3) is 0.538. The van der Waals surface area contributed by atoms with E-state index in [-0.39, 0.29) is 30.6 Å². The van der Waals surface area contributed by atoms with Crippen molar-refractivity contribution in [2.45, 2.75) is 19.1 Å². The van der Waals surface area contributed by atoms with Gasteiger partial charge in [0.05, 0.1) is 6.04 Å². The van der Waals surface area contributed by atoms with Crippen LogP contribution in [0, 0.1) is 0 Å². The van der Waals surface area contributed by atoms with E-state index in [1.807, 2.05) is 0 Å². The van der Waals surface area contributed by atoms with Gasteiger partial charge >= 0.3 is 6.61 Å². The standard InChI is InChI=1S/C13H16F4N2O.2ClH/c14-12(15)11(19-6-4-18-5-7-19)9-2-1-3-10(8-9)20-13(16)17;;/h1-3,8,11-13,18H,4-7H2;2*1H/t11-;;/m0../s1. The maximum atomic E-state index is 13.3. The number of alkyl halides is 4. The van der Waals surface area contributed by atoms with Crippen LogP contribution in [0.1, 0.15) is 11.6 Å². The average Bonchev–Trinajstić information content (AvgIpc) is 2.39. The second kappa shape index (κ2) is 10.1. The molecule has 1 aromatic carbocycles. The van der Waals surface area contributed by atoms with Gasteiger partial charge in [-0.05, 0) is 17.7 Å². The summed E-state index contributed by atoms with van der Waals surface area (Å²) >= 11 is 0. The van der Waals surface area contributed by atoms with Crippen LogP contribution in [0.25, 0.3) is 0 Å². The quantitative estimate of drug-likeness (QED) is 0.811. The van der Waals surface area contributed by atoms with Crippen LogP contribution in [0.2, 0.25) is 0 Å². The van der Waals surface area contributed by atoms with Crippen molar-refractivity contribution in [3.05, 3.63) is 29.8 Å². The van der Waals surface area contributed by atoms with E-state index in [2.05, 4.69) is 10.1 Å². The van der Waals surface area contributed by atoms with Gasteiger partial charge in [0.15, 0.2) is 0 Å². The molecule has 1 heterocycles. The summed E-state index contributed by atoms with van der Waals surface area (Å²) in [4.78, 5) is 1.66. The van der Waals surface area contributed by atoms with Gasteiger partial charge < -0.3 is 10.1 Å². The van der Waals surface area contributed by atoms with Crippen molar-refractivity contribution >= 4 is 24.8 Å². The highest BCUT2D eigenvalue weighted by Gasteiger charge is 2.30. The number of hydrogen-bond acceptors (Lipinski definition) is 3. The molecule has 128 valence electrons. The first-order chi connectivity index (χ1) is 9.58. The molecule has 22 heavy (non-hydrogen) atoms. The van der Waals surface area contributed by atoms with Gasteiger partial charge in [0.25, 0.3) is 6.43 Å². The van der Waals surface area contributed by atoms with Crippen molar-refractivity contribution in [1.29, 1.82) is 0 Å². The molecular formula is C13H18Cl2F4N2O. The maximum Gasteiger partial charge on any atom is 0.387 e. The van der Waals surface area contributed by atoms with Crippen LogP contribution in [-0.2, 0) is 0 Å². The van der Waals surface area contributed by atoms with Crippen LogP contribution in [0.4, 0.5) is 17.6 Å². The molecule has 0 amide bonds. The van der Waals surface area contributed by atoms with E-state index in [9.17, 15) is 17.6 Å². The normalized spacial score (nSPS) is 16.8. The van der Waals surface area contributed by atoms with Gasteiger partial charge in [-0.1, -0.05) is 12.1 Å². The molecule has 0 unspecified atom stereocenters. The van der Waals surface area contributed by atoms with Gasteiger partial charge in [-0.25, -0.2) is 8.78 Å². The molecule has 0 bridgehead atoms. The highest BCUT2D eigenvalue weighted by Crippen LogP contribution is 2.30. The minimum Gasteiger partial charge on any atom is -0.435 e. The number of benzene rings is 1. The zero-order chi connectivity index (χ0) is 14.5. The Kier molecular flexibility index (Phi) is 9.75. The molecule has 1 fully saturated rings. The van der Waals surface area contributed by atoms with Crippen LogP contribution >= 0.6 is 24.8 Å². The number of halogens is 6. The molecule has 2 rings (SSSR count). The Morgan fingerprint density at radius 1 is 1.05 bits per heavy atom. The Bertz CT molecular complexity index is 434. The Morgan fingerprint density at radius 3 is 2.23 bits per heavy atom. The van der Waals surface area contributed by atoms with Gasteiger partial charge in [-0.3, -0.25) is 4.90 Å². The first kappa shape index (κ1) is 21.2. The zero-order valence-electron chi connectivity index (χ0n) is 11.6. The lowest BCUT2D eigenvalue weighted by atomic mass is 10.0. The first-order valence-electron chi connectivity index (χ1n) is 6.35. The van der Waals surface area contributed by atoms with Gasteiger partial charge in [-0.2, -0.15) is 8.78 Å². The summed E-state index contributed by atoms with van der Waals surface area (Å²) in [5, 5.41) is 3.09. The van der Waals surface area contributed by atoms with Gasteiger partial charge in [0.1, 0.15) is 5.75 Å². The molecule has 9 heteroatoms. The molecular weight excluding hydrogens is 347 g/mol. The minimum absolute atomic E-state index is 0. The molecule has 0 aromatic heterocycles. The molecule has 0 spiro atoms. The van der Waals surface area contributed by atoms with Gasteiger partial charge in [0, 0.05) is 26.2 Å². The predicted molar refractivity (Wildman–Crippen MR) is 80.8 cm³/mol. The number of ether oxygens (including phenoxy) is 1. The second-order valence-corrected chi connectivity index (χ2v) is 4.52. The number of hydrogen-bond donors (Lipinski definition) is 1. The number of nitrogens with zero attached hydrogens (tertiary/aromatic N) is 1.